The number of aromatic nitrogens is 3. The molecule has 2 rings (SSSR count). The fourth-order valence-corrected chi connectivity index (χ4v) is 2.09. The van der Waals surface area contributed by atoms with Crippen LogP contribution in [-0.2, 0) is 22.3 Å². The van der Waals surface area contributed by atoms with Crippen LogP contribution in [0.4, 0.5) is 13.2 Å². The van der Waals surface area contributed by atoms with Crippen molar-refractivity contribution < 1.29 is 22.7 Å². The minimum atomic E-state index is -4.80. The van der Waals surface area contributed by atoms with Gasteiger partial charge in [0.2, 0.25) is 5.82 Å². The van der Waals surface area contributed by atoms with E-state index in [1.165, 1.54) is 6.07 Å². The number of hydrogen-bond donors (Lipinski definition) is 1. The minimum absolute atomic E-state index is 0.0503. The van der Waals surface area contributed by atoms with Gasteiger partial charge < -0.3 is 9.72 Å². The Labute approximate surface area is 122 Å². The van der Waals surface area contributed by atoms with Crippen LogP contribution in [0.15, 0.2) is 10.9 Å². The molecule has 0 unspecified atom stereocenters. The molecule has 22 heavy (non-hydrogen) atoms. The van der Waals surface area contributed by atoms with Gasteiger partial charge in [-0.15, -0.1) is 0 Å². The third-order valence-corrected chi connectivity index (χ3v) is 2.98. The first kappa shape index (κ1) is 16.1. The molecule has 2 aromatic rings. The van der Waals surface area contributed by atoms with Crippen LogP contribution in [0.1, 0.15) is 24.9 Å². The molecule has 120 valence electrons. The van der Waals surface area contributed by atoms with Crippen LogP contribution in [0, 0.1) is 6.92 Å². The van der Waals surface area contributed by atoms with E-state index in [9.17, 15) is 22.8 Å². The van der Waals surface area contributed by atoms with Gasteiger partial charge in [0.05, 0.1) is 18.4 Å². The Morgan fingerprint density at radius 1 is 1.45 bits per heavy atom. The molecule has 0 aliphatic heterocycles. The number of aryl methyl sites for hydroxylation is 1. The molecule has 0 spiro atoms. The fraction of sp³-hybridized carbons (Fsp3) is 0.462. The Morgan fingerprint density at radius 3 is 2.73 bits per heavy atom. The summed E-state index contributed by atoms with van der Waals surface area (Å²) in [5, 5.41) is 0.0503. The van der Waals surface area contributed by atoms with E-state index >= 15 is 0 Å². The summed E-state index contributed by atoms with van der Waals surface area (Å²) in [5.41, 5.74) is -0.441. The van der Waals surface area contributed by atoms with Crippen molar-refractivity contribution >= 4 is 17.0 Å². The number of H-pyrrole nitrogens is 1. The maximum absolute atomic E-state index is 13.1. The Balaban J connectivity index is 2.51. The van der Waals surface area contributed by atoms with Gasteiger partial charge in [0, 0.05) is 12.2 Å². The molecule has 1 N–H and O–H groups in total. The number of hydrogen-bond acceptors (Lipinski definition) is 4. The van der Waals surface area contributed by atoms with Gasteiger partial charge in [-0.3, -0.25) is 14.2 Å². The van der Waals surface area contributed by atoms with Crippen molar-refractivity contribution in [3.8, 4) is 0 Å². The monoisotopic (exact) mass is 317 g/mol. The Bertz CT molecular complexity index is 761. The predicted molar refractivity (Wildman–Crippen MR) is 71.3 cm³/mol. The number of ether oxygens (including phenoxy) is 1. The maximum Gasteiger partial charge on any atom is 0.449 e. The summed E-state index contributed by atoms with van der Waals surface area (Å²) >= 11 is 0. The zero-order valence-electron chi connectivity index (χ0n) is 12.0. The SMILES string of the molecule is CCOC(=O)CCn1c(C(F)(F)F)nc2[nH]c(C)cc2c1=O. The zero-order valence-corrected chi connectivity index (χ0v) is 12.0. The van der Waals surface area contributed by atoms with E-state index in [1.54, 1.807) is 13.8 Å². The second-order valence-corrected chi connectivity index (χ2v) is 4.66. The average Bonchev–Trinajstić information content (AvgIpc) is 2.78. The standard InChI is InChI=1S/C13H14F3N3O3/c1-3-22-9(20)4-5-19-11(21)8-6-7(2)17-10(8)18-12(19)13(14,15)16/h6,17H,3-5H2,1-2H3. The molecular formula is C13H14F3N3O3. The van der Waals surface area contributed by atoms with Crippen molar-refractivity contribution in [2.45, 2.75) is 33.0 Å². The molecule has 9 heteroatoms. The maximum atomic E-state index is 13.1. The van der Waals surface area contributed by atoms with E-state index in [2.05, 4.69) is 14.7 Å². The normalized spacial score (nSPS) is 11.9. The largest absolute Gasteiger partial charge is 0.466 e. The summed E-state index contributed by atoms with van der Waals surface area (Å²) < 4.78 is 44.4. The molecule has 0 aliphatic rings. The number of rotatable bonds is 4. The number of nitrogens with one attached hydrogen (secondary N) is 1. The average molecular weight is 317 g/mol. The number of carbonyl (C=O) groups is 1. The van der Waals surface area contributed by atoms with Gasteiger partial charge in [0.25, 0.3) is 5.56 Å². The third kappa shape index (κ3) is 3.12. The van der Waals surface area contributed by atoms with E-state index < -0.39 is 30.1 Å². The van der Waals surface area contributed by atoms with Gasteiger partial charge in [0.15, 0.2) is 0 Å². The number of esters is 1. The quantitative estimate of drug-likeness (QED) is 0.875. The number of alkyl halides is 3. The van der Waals surface area contributed by atoms with Crippen molar-refractivity contribution in [2.24, 2.45) is 0 Å². The molecule has 0 amide bonds. The van der Waals surface area contributed by atoms with Gasteiger partial charge >= 0.3 is 12.1 Å². The minimum Gasteiger partial charge on any atom is -0.466 e. The Morgan fingerprint density at radius 2 is 2.14 bits per heavy atom. The predicted octanol–water partition coefficient (Wildman–Crippen LogP) is 2.01. The molecule has 2 heterocycles. The van der Waals surface area contributed by atoms with E-state index in [0.717, 1.165) is 0 Å². The summed E-state index contributed by atoms with van der Waals surface area (Å²) in [6.07, 6.45) is -5.14. The van der Waals surface area contributed by atoms with E-state index in [4.69, 9.17) is 0 Å². The van der Waals surface area contributed by atoms with Crippen LogP contribution in [-0.4, -0.2) is 27.1 Å². The van der Waals surface area contributed by atoms with E-state index in [1.807, 2.05) is 0 Å². The highest BCUT2D eigenvalue weighted by Gasteiger charge is 2.37. The lowest BCUT2D eigenvalue weighted by Crippen LogP contribution is -2.30. The lowest BCUT2D eigenvalue weighted by atomic mass is 10.3. The molecule has 0 bridgehead atoms. The Hall–Kier alpha value is -2.32. The van der Waals surface area contributed by atoms with Crippen molar-refractivity contribution in [3.63, 3.8) is 0 Å². The second-order valence-electron chi connectivity index (χ2n) is 4.66. The molecular weight excluding hydrogens is 303 g/mol. The molecule has 0 radical (unpaired) electrons. The van der Waals surface area contributed by atoms with Crippen LogP contribution in [0.2, 0.25) is 0 Å². The van der Waals surface area contributed by atoms with Gasteiger partial charge in [-0.1, -0.05) is 0 Å². The van der Waals surface area contributed by atoms with Crippen molar-refractivity contribution in [1.29, 1.82) is 0 Å². The molecule has 0 aliphatic carbocycles. The van der Waals surface area contributed by atoms with Crippen LogP contribution < -0.4 is 5.56 Å². The molecule has 2 aromatic heterocycles. The number of nitrogens with zero attached hydrogens (tertiary/aromatic N) is 2. The number of halogens is 3. The van der Waals surface area contributed by atoms with Crippen LogP contribution >= 0.6 is 0 Å². The Kier molecular flexibility index (Phi) is 4.25. The highest BCUT2D eigenvalue weighted by molar-refractivity contribution is 5.75. The molecule has 0 aromatic carbocycles. The summed E-state index contributed by atoms with van der Waals surface area (Å²) in [4.78, 5) is 29.6. The van der Waals surface area contributed by atoms with Gasteiger partial charge in [-0.2, -0.15) is 13.2 Å². The van der Waals surface area contributed by atoms with Crippen LogP contribution in [0.25, 0.3) is 11.0 Å². The summed E-state index contributed by atoms with van der Waals surface area (Å²) in [6.45, 7) is 2.87. The highest BCUT2D eigenvalue weighted by atomic mass is 19.4. The first-order valence-corrected chi connectivity index (χ1v) is 6.57. The molecule has 0 saturated carbocycles. The zero-order chi connectivity index (χ0) is 16.5. The lowest BCUT2D eigenvalue weighted by molar-refractivity contribution is -0.150. The summed E-state index contributed by atoms with van der Waals surface area (Å²) in [6, 6.07) is 1.42. The van der Waals surface area contributed by atoms with Crippen molar-refractivity contribution in [2.75, 3.05) is 6.61 Å². The van der Waals surface area contributed by atoms with Gasteiger partial charge in [0.1, 0.15) is 5.65 Å². The van der Waals surface area contributed by atoms with E-state index in [-0.39, 0.29) is 24.1 Å². The molecule has 0 atom stereocenters. The fourth-order valence-electron chi connectivity index (χ4n) is 2.09. The summed E-state index contributed by atoms with van der Waals surface area (Å²) in [5.74, 6) is -2.01. The third-order valence-electron chi connectivity index (χ3n) is 2.98. The molecule has 0 fully saturated rings. The summed E-state index contributed by atoms with van der Waals surface area (Å²) in [7, 11) is 0. The molecule has 6 nitrogen and oxygen atoms in total. The number of aromatic amines is 1. The van der Waals surface area contributed by atoms with Gasteiger partial charge in [-0.05, 0) is 19.9 Å². The second kappa shape index (κ2) is 5.82. The smallest absolute Gasteiger partial charge is 0.449 e. The lowest BCUT2D eigenvalue weighted by Gasteiger charge is -2.14. The van der Waals surface area contributed by atoms with Crippen molar-refractivity contribution in [3.05, 3.63) is 27.9 Å². The highest BCUT2D eigenvalue weighted by Crippen LogP contribution is 2.28. The van der Waals surface area contributed by atoms with Gasteiger partial charge in [-0.25, -0.2) is 4.98 Å². The topological polar surface area (TPSA) is 77.0 Å². The number of carbonyl (C=O) groups excluding carboxylic acids is 1. The number of fused-ring (bicyclic) bond motifs is 1. The van der Waals surface area contributed by atoms with E-state index in [0.29, 0.717) is 10.3 Å². The molecule has 0 saturated heterocycles. The van der Waals surface area contributed by atoms with Crippen molar-refractivity contribution in [1.82, 2.24) is 14.5 Å². The first-order chi connectivity index (χ1) is 10.2. The van der Waals surface area contributed by atoms with Crippen LogP contribution in [0.3, 0.4) is 0 Å². The van der Waals surface area contributed by atoms with Crippen LogP contribution in [0.5, 0.6) is 0 Å². The first-order valence-electron chi connectivity index (χ1n) is 6.57.